The van der Waals surface area contributed by atoms with Crippen LogP contribution in [0.25, 0.3) is 0 Å². The molecule has 0 bridgehead atoms. The SMILES string of the molecule is Cc1ccc(S(=O)(=O)N2[C@@H](c3ccccc3)CC(=O)N3C(=O)c4ccccc4[C@@H]32)cc1. The van der Waals surface area contributed by atoms with Crippen LogP contribution in [0.3, 0.4) is 0 Å². The number of amides is 2. The number of imide groups is 1. The van der Waals surface area contributed by atoms with Gasteiger partial charge in [0.05, 0.1) is 10.9 Å². The molecule has 2 aliphatic rings. The van der Waals surface area contributed by atoms with Gasteiger partial charge in [-0.2, -0.15) is 4.31 Å². The molecule has 2 atom stereocenters. The number of sulfonamides is 1. The number of nitrogens with zero attached hydrogens (tertiary/aromatic N) is 2. The largest absolute Gasteiger partial charge is 0.274 e. The maximum absolute atomic E-state index is 13.9. The highest BCUT2D eigenvalue weighted by Crippen LogP contribution is 2.48. The average molecular weight is 433 g/mol. The average Bonchev–Trinajstić information content (AvgIpc) is 3.08. The maximum Gasteiger partial charge on any atom is 0.262 e. The lowest BCUT2D eigenvalue weighted by Crippen LogP contribution is -2.52. The number of aryl methyl sites for hydroxylation is 1. The van der Waals surface area contributed by atoms with E-state index in [2.05, 4.69) is 0 Å². The monoisotopic (exact) mass is 432 g/mol. The summed E-state index contributed by atoms with van der Waals surface area (Å²) in [7, 11) is -4.03. The van der Waals surface area contributed by atoms with Crippen LogP contribution in [-0.4, -0.2) is 29.4 Å². The van der Waals surface area contributed by atoms with Gasteiger partial charge in [0, 0.05) is 17.5 Å². The standard InChI is InChI=1S/C24H20N2O4S/c1-16-11-13-18(14-12-16)31(29,30)26-21(17-7-3-2-4-8-17)15-22(27)25-23(26)19-9-5-6-10-20(19)24(25)28/h2-14,21,23H,15H2,1H3/t21-,23+/m1/s1. The number of fused-ring (bicyclic) bond motifs is 3. The molecule has 1 fully saturated rings. The molecule has 2 amide bonds. The molecule has 156 valence electrons. The van der Waals surface area contributed by atoms with Crippen molar-refractivity contribution in [1.29, 1.82) is 0 Å². The molecule has 0 radical (unpaired) electrons. The van der Waals surface area contributed by atoms with Crippen molar-refractivity contribution >= 4 is 21.8 Å². The number of carbonyl (C=O) groups excluding carboxylic acids is 2. The Kier molecular flexibility index (Phi) is 4.53. The first-order chi connectivity index (χ1) is 14.9. The molecule has 3 aromatic rings. The molecule has 0 N–H and O–H groups in total. The van der Waals surface area contributed by atoms with Gasteiger partial charge in [0.2, 0.25) is 15.9 Å². The molecule has 0 spiro atoms. The van der Waals surface area contributed by atoms with Crippen molar-refractivity contribution < 1.29 is 18.0 Å². The van der Waals surface area contributed by atoms with Crippen LogP contribution in [0, 0.1) is 6.92 Å². The summed E-state index contributed by atoms with van der Waals surface area (Å²) in [6.45, 7) is 1.89. The van der Waals surface area contributed by atoms with Gasteiger partial charge < -0.3 is 0 Å². The molecule has 0 unspecified atom stereocenters. The van der Waals surface area contributed by atoms with Gasteiger partial charge in [0.15, 0.2) is 0 Å². The van der Waals surface area contributed by atoms with Crippen molar-refractivity contribution in [3.63, 3.8) is 0 Å². The maximum atomic E-state index is 13.9. The van der Waals surface area contributed by atoms with Crippen molar-refractivity contribution in [3.05, 3.63) is 101 Å². The van der Waals surface area contributed by atoms with E-state index in [1.807, 2.05) is 37.3 Å². The molecular formula is C24H20N2O4S. The van der Waals surface area contributed by atoms with Crippen molar-refractivity contribution in [2.45, 2.75) is 30.4 Å². The number of carbonyl (C=O) groups is 2. The first-order valence-electron chi connectivity index (χ1n) is 10.00. The molecule has 0 saturated carbocycles. The van der Waals surface area contributed by atoms with Crippen LogP contribution in [-0.2, 0) is 14.8 Å². The zero-order chi connectivity index (χ0) is 21.8. The smallest absolute Gasteiger partial charge is 0.262 e. The predicted octanol–water partition coefficient (Wildman–Crippen LogP) is 3.81. The lowest BCUT2D eigenvalue weighted by molar-refractivity contribution is -0.138. The van der Waals surface area contributed by atoms with E-state index < -0.39 is 28.1 Å². The molecular weight excluding hydrogens is 412 g/mol. The van der Waals surface area contributed by atoms with Crippen molar-refractivity contribution in [2.75, 3.05) is 0 Å². The fourth-order valence-electron chi connectivity index (χ4n) is 4.39. The minimum Gasteiger partial charge on any atom is -0.274 e. The van der Waals surface area contributed by atoms with Crippen LogP contribution in [0.4, 0.5) is 0 Å². The normalized spacial score (nSPS) is 21.1. The van der Waals surface area contributed by atoms with Crippen LogP contribution in [0.5, 0.6) is 0 Å². The Morgan fingerprint density at radius 3 is 2.19 bits per heavy atom. The molecule has 0 aliphatic carbocycles. The molecule has 7 heteroatoms. The molecule has 31 heavy (non-hydrogen) atoms. The van der Waals surface area contributed by atoms with E-state index in [-0.39, 0.29) is 17.2 Å². The van der Waals surface area contributed by atoms with Gasteiger partial charge in [-0.05, 0) is 30.7 Å². The first kappa shape index (κ1) is 19.7. The van der Waals surface area contributed by atoms with Crippen LogP contribution in [0.1, 0.15) is 45.7 Å². The Labute approximate surface area is 180 Å². The minimum absolute atomic E-state index is 0.106. The molecule has 2 aliphatic heterocycles. The van der Waals surface area contributed by atoms with Gasteiger partial charge in [-0.25, -0.2) is 8.42 Å². The second kappa shape index (κ2) is 7.14. The summed E-state index contributed by atoms with van der Waals surface area (Å²) in [6, 6.07) is 21.8. The highest BCUT2D eigenvalue weighted by molar-refractivity contribution is 7.89. The van der Waals surface area contributed by atoms with Crippen LogP contribution < -0.4 is 0 Å². The van der Waals surface area contributed by atoms with E-state index in [0.717, 1.165) is 10.5 Å². The second-order valence-electron chi connectivity index (χ2n) is 7.81. The van der Waals surface area contributed by atoms with E-state index in [1.54, 1.807) is 48.5 Å². The van der Waals surface area contributed by atoms with Crippen LogP contribution in [0.15, 0.2) is 83.8 Å². The van der Waals surface area contributed by atoms with Crippen molar-refractivity contribution in [3.8, 4) is 0 Å². The van der Waals surface area contributed by atoms with E-state index in [1.165, 1.54) is 4.31 Å². The molecule has 1 saturated heterocycles. The summed E-state index contributed by atoms with van der Waals surface area (Å²) in [4.78, 5) is 27.3. The van der Waals surface area contributed by atoms with Gasteiger partial charge in [0.25, 0.3) is 5.91 Å². The molecule has 5 rings (SSSR count). The van der Waals surface area contributed by atoms with Crippen LogP contribution >= 0.6 is 0 Å². The Bertz CT molecular complexity index is 1290. The summed E-state index contributed by atoms with van der Waals surface area (Å²) >= 11 is 0. The summed E-state index contributed by atoms with van der Waals surface area (Å²) in [5, 5.41) is 0. The molecule has 6 nitrogen and oxygen atoms in total. The fourth-order valence-corrected chi connectivity index (χ4v) is 6.12. The van der Waals surface area contributed by atoms with E-state index >= 15 is 0 Å². The van der Waals surface area contributed by atoms with Gasteiger partial charge in [-0.3, -0.25) is 14.5 Å². The highest BCUT2D eigenvalue weighted by atomic mass is 32.2. The minimum atomic E-state index is -4.03. The van der Waals surface area contributed by atoms with Crippen LogP contribution in [0.2, 0.25) is 0 Å². The topological polar surface area (TPSA) is 74.8 Å². The van der Waals surface area contributed by atoms with Crippen molar-refractivity contribution in [1.82, 2.24) is 9.21 Å². The second-order valence-corrected chi connectivity index (χ2v) is 9.65. The first-order valence-corrected chi connectivity index (χ1v) is 11.4. The van der Waals surface area contributed by atoms with E-state index in [9.17, 15) is 18.0 Å². The zero-order valence-corrected chi connectivity index (χ0v) is 17.6. The third kappa shape index (κ3) is 3.00. The number of hydrogen-bond donors (Lipinski definition) is 0. The Hall–Kier alpha value is -3.29. The molecule has 3 aromatic carbocycles. The summed E-state index contributed by atoms with van der Waals surface area (Å²) in [5.41, 5.74) is 2.54. The number of benzene rings is 3. The third-order valence-electron chi connectivity index (χ3n) is 5.90. The van der Waals surface area contributed by atoms with Crippen molar-refractivity contribution in [2.24, 2.45) is 0 Å². The third-order valence-corrected chi connectivity index (χ3v) is 7.78. The summed E-state index contributed by atoms with van der Waals surface area (Å²) in [5.74, 6) is -0.836. The summed E-state index contributed by atoms with van der Waals surface area (Å²) < 4.78 is 29.2. The predicted molar refractivity (Wildman–Crippen MR) is 114 cm³/mol. The lowest BCUT2D eigenvalue weighted by Gasteiger charge is -2.43. The van der Waals surface area contributed by atoms with Gasteiger partial charge in [-0.15, -0.1) is 0 Å². The fraction of sp³-hybridized carbons (Fsp3) is 0.167. The quantitative estimate of drug-likeness (QED) is 0.590. The Balaban J connectivity index is 1.74. The van der Waals surface area contributed by atoms with E-state index in [0.29, 0.717) is 16.7 Å². The van der Waals surface area contributed by atoms with Gasteiger partial charge in [0.1, 0.15) is 6.17 Å². The number of rotatable bonds is 3. The summed E-state index contributed by atoms with van der Waals surface area (Å²) in [6.07, 6.45) is -1.12. The molecule has 0 aromatic heterocycles. The Morgan fingerprint density at radius 1 is 0.839 bits per heavy atom. The highest BCUT2D eigenvalue weighted by Gasteiger charge is 2.54. The van der Waals surface area contributed by atoms with Gasteiger partial charge in [-0.1, -0.05) is 66.2 Å². The lowest BCUT2D eigenvalue weighted by atomic mass is 9.99. The van der Waals surface area contributed by atoms with E-state index in [4.69, 9.17) is 0 Å². The number of hydrogen-bond acceptors (Lipinski definition) is 4. The molecule has 2 heterocycles. The zero-order valence-electron chi connectivity index (χ0n) is 16.8. The van der Waals surface area contributed by atoms with Gasteiger partial charge >= 0.3 is 0 Å². The Morgan fingerprint density at radius 2 is 1.48 bits per heavy atom.